The van der Waals surface area contributed by atoms with Gasteiger partial charge in [-0.2, -0.15) is 4.31 Å². The second-order valence-corrected chi connectivity index (χ2v) is 12.0. The van der Waals surface area contributed by atoms with Crippen LogP contribution in [0.25, 0.3) is 0 Å². The van der Waals surface area contributed by atoms with Gasteiger partial charge in [-0.25, -0.2) is 8.42 Å². The quantitative estimate of drug-likeness (QED) is 0.451. The summed E-state index contributed by atoms with van der Waals surface area (Å²) in [6.07, 6.45) is 3.24. The van der Waals surface area contributed by atoms with E-state index in [-0.39, 0.29) is 10.9 Å². The van der Waals surface area contributed by atoms with E-state index in [9.17, 15) is 13.2 Å². The second kappa shape index (κ2) is 10.7. The Bertz CT molecular complexity index is 1220. The fourth-order valence-corrected chi connectivity index (χ4v) is 6.06. The van der Waals surface area contributed by atoms with E-state index in [1.807, 2.05) is 12.1 Å². The van der Waals surface area contributed by atoms with Gasteiger partial charge in [-0.3, -0.25) is 10.1 Å². The zero-order chi connectivity index (χ0) is 24.1. The standard InChI is InChI=1S/C24H28N4O4S2/c1-17(2)33-20-10-6-18(7-11-20)16-22-26-27-24(32-22)25-23(29)19-8-12-21(13-9-19)34(30,31)28-14-4-3-5-15-28/h6-13,17H,3-5,14-16H2,1-2H3,(H,25,27,29). The van der Waals surface area contributed by atoms with Crippen molar-refractivity contribution in [2.24, 2.45) is 0 Å². The van der Waals surface area contributed by atoms with Crippen LogP contribution in [0.4, 0.5) is 6.01 Å². The van der Waals surface area contributed by atoms with Gasteiger partial charge in [0.25, 0.3) is 5.91 Å². The van der Waals surface area contributed by atoms with Gasteiger partial charge in [0.05, 0.1) is 11.3 Å². The molecule has 2 aromatic carbocycles. The van der Waals surface area contributed by atoms with Crippen LogP contribution < -0.4 is 5.32 Å². The average molecular weight is 501 g/mol. The first-order valence-corrected chi connectivity index (χ1v) is 13.6. The number of nitrogens with one attached hydrogen (secondary N) is 1. The molecule has 0 unspecified atom stereocenters. The summed E-state index contributed by atoms with van der Waals surface area (Å²) in [5.74, 6) is -0.0604. The highest BCUT2D eigenvalue weighted by atomic mass is 32.2. The largest absolute Gasteiger partial charge is 0.407 e. The van der Waals surface area contributed by atoms with Gasteiger partial charge in [0, 0.05) is 28.8 Å². The van der Waals surface area contributed by atoms with E-state index >= 15 is 0 Å². The third kappa shape index (κ3) is 6.05. The molecule has 10 heteroatoms. The summed E-state index contributed by atoms with van der Waals surface area (Å²) < 4.78 is 32.6. The molecular weight excluding hydrogens is 472 g/mol. The number of hydrogen-bond acceptors (Lipinski definition) is 7. The molecule has 0 radical (unpaired) electrons. The van der Waals surface area contributed by atoms with Gasteiger partial charge in [-0.1, -0.05) is 37.5 Å². The lowest BCUT2D eigenvalue weighted by Crippen LogP contribution is -2.35. The Morgan fingerprint density at radius 1 is 1.03 bits per heavy atom. The first-order chi connectivity index (χ1) is 16.3. The van der Waals surface area contributed by atoms with Crippen molar-refractivity contribution in [2.75, 3.05) is 18.4 Å². The van der Waals surface area contributed by atoms with Crippen molar-refractivity contribution in [3.05, 3.63) is 65.5 Å². The zero-order valence-corrected chi connectivity index (χ0v) is 20.9. The summed E-state index contributed by atoms with van der Waals surface area (Å²) in [6, 6.07) is 14.1. The number of nitrogens with zero attached hydrogens (tertiary/aromatic N) is 3. The van der Waals surface area contributed by atoms with E-state index in [1.54, 1.807) is 11.8 Å². The molecule has 1 N–H and O–H groups in total. The molecule has 0 atom stereocenters. The minimum absolute atomic E-state index is 0.00278. The van der Waals surface area contributed by atoms with Crippen LogP contribution in [0.3, 0.4) is 0 Å². The highest BCUT2D eigenvalue weighted by Crippen LogP contribution is 2.24. The topological polar surface area (TPSA) is 105 Å². The van der Waals surface area contributed by atoms with Crippen molar-refractivity contribution >= 4 is 33.7 Å². The molecule has 1 fully saturated rings. The molecule has 180 valence electrons. The van der Waals surface area contributed by atoms with E-state index in [0.717, 1.165) is 24.8 Å². The summed E-state index contributed by atoms with van der Waals surface area (Å²) in [5, 5.41) is 11.0. The van der Waals surface area contributed by atoms with Crippen LogP contribution in [-0.2, 0) is 16.4 Å². The SMILES string of the molecule is CC(C)Sc1ccc(Cc2nnc(NC(=O)c3ccc(S(=O)(=O)N4CCCCC4)cc3)o2)cc1. The van der Waals surface area contributed by atoms with Crippen LogP contribution in [0.15, 0.2) is 62.7 Å². The maximum absolute atomic E-state index is 12.8. The zero-order valence-electron chi connectivity index (χ0n) is 19.2. The molecule has 0 spiro atoms. The van der Waals surface area contributed by atoms with Gasteiger partial charge in [0.2, 0.25) is 15.9 Å². The number of amides is 1. The fraction of sp³-hybridized carbons (Fsp3) is 0.375. The molecule has 0 aliphatic carbocycles. The molecule has 4 rings (SSSR count). The Kier molecular flexibility index (Phi) is 7.70. The molecule has 3 aromatic rings. The monoisotopic (exact) mass is 500 g/mol. The molecule has 1 aromatic heterocycles. The van der Waals surface area contributed by atoms with Gasteiger partial charge >= 0.3 is 6.01 Å². The molecule has 1 saturated heterocycles. The molecule has 1 aliphatic heterocycles. The first-order valence-electron chi connectivity index (χ1n) is 11.3. The summed E-state index contributed by atoms with van der Waals surface area (Å²) in [4.78, 5) is 14.0. The number of benzene rings is 2. The molecule has 8 nitrogen and oxygen atoms in total. The van der Waals surface area contributed by atoms with Crippen molar-refractivity contribution in [3.8, 4) is 0 Å². The van der Waals surface area contributed by atoms with Crippen LogP contribution in [0, 0.1) is 0 Å². The van der Waals surface area contributed by atoms with Crippen LogP contribution >= 0.6 is 11.8 Å². The lowest BCUT2D eigenvalue weighted by Gasteiger charge is -2.25. The number of hydrogen-bond donors (Lipinski definition) is 1. The Morgan fingerprint density at radius 3 is 2.35 bits per heavy atom. The Hall–Kier alpha value is -2.69. The highest BCUT2D eigenvalue weighted by molar-refractivity contribution is 7.99. The molecule has 34 heavy (non-hydrogen) atoms. The van der Waals surface area contributed by atoms with Crippen LogP contribution in [-0.4, -0.2) is 47.2 Å². The van der Waals surface area contributed by atoms with Crippen LogP contribution in [0.1, 0.15) is 54.9 Å². The van der Waals surface area contributed by atoms with Gasteiger partial charge < -0.3 is 4.42 Å². The second-order valence-electron chi connectivity index (χ2n) is 8.43. The predicted molar refractivity (Wildman–Crippen MR) is 132 cm³/mol. The number of sulfonamides is 1. The lowest BCUT2D eigenvalue weighted by molar-refractivity contribution is 0.102. The summed E-state index contributed by atoms with van der Waals surface area (Å²) in [7, 11) is -3.54. The van der Waals surface area contributed by atoms with Gasteiger partial charge in [-0.15, -0.1) is 16.9 Å². The van der Waals surface area contributed by atoms with Crippen LogP contribution in [0.5, 0.6) is 0 Å². The molecule has 1 aliphatic rings. The van der Waals surface area contributed by atoms with E-state index < -0.39 is 15.9 Å². The Morgan fingerprint density at radius 2 is 1.71 bits per heavy atom. The van der Waals surface area contributed by atoms with Crippen molar-refractivity contribution in [3.63, 3.8) is 0 Å². The Balaban J connectivity index is 1.36. The minimum atomic E-state index is -3.54. The Labute approximate surface area is 204 Å². The maximum Gasteiger partial charge on any atom is 0.322 e. The van der Waals surface area contributed by atoms with Crippen molar-refractivity contribution in [2.45, 2.75) is 54.6 Å². The summed E-state index contributed by atoms with van der Waals surface area (Å²) in [5.41, 5.74) is 1.33. The van der Waals surface area contributed by atoms with Crippen molar-refractivity contribution < 1.29 is 17.6 Å². The van der Waals surface area contributed by atoms with E-state index in [1.165, 1.54) is 33.5 Å². The van der Waals surface area contributed by atoms with Gasteiger partial charge in [0.15, 0.2) is 0 Å². The number of carbonyl (C=O) groups is 1. The molecule has 1 amide bonds. The van der Waals surface area contributed by atoms with Crippen LogP contribution in [0.2, 0.25) is 0 Å². The lowest BCUT2D eigenvalue weighted by atomic mass is 10.1. The molecule has 0 bridgehead atoms. The summed E-state index contributed by atoms with van der Waals surface area (Å²) in [6.45, 7) is 5.37. The normalized spacial score (nSPS) is 14.9. The average Bonchev–Trinajstić information content (AvgIpc) is 3.27. The van der Waals surface area contributed by atoms with Crippen molar-refractivity contribution in [1.29, 1.82) is 0 Å². The predicted octanol–water partition coefficient (Wildman–Crippen LogP) is 4.59. The molecule has 0 saturated carbocycles. The third-order valence-electron chi connectivity index (χ3n) is 5.41. The van der Waals surface area contributed by atoms with Gasteiger partial charge in [0.1, 0.15) is 0 Å². The number of piperidine rings is 1. The smallest absolute Gasteiger partial charge is 0.322 e. The van der Waals surface area contributed by atoms with E-state index in [0.29, 0.717) is 36.2 Å². The number of thioether (sulfide) groups is 1. The number of rotatable bonds is 8. The molecular formula is C24H28N4O4S2. The summed E-state index contributed by atoms with van der Waals surface area (Å²) >= 11 is 1.80. The van der Waals surface area contributed by atoms with Crippen molar-refractivity contribution in [1.82, 2.24) is 14.5 Å². The highest BCUT2D eigenvalue weighted by Gasteiger charge is 2.26. The molecule has 2 heterocycles. The number of aromatic nitrogens is 2. The fourth-order valence-electron chi connectivity index (χ4n) is 3.71. The van der Waals surface area contributed by atoms with Gasteiger partial charge in [-0.05, 0) is 54.8 Å². The number of anilines is 1. The minimum Gasteiger partial charge on any atom is -0.407 e. The van der Waals surface area contributed by atoms with E-state index in [2.05, 4.69) is 41.5 Å². The maximum atomic E-state index is 12.8. The first kappa shape index (κ1) is 24.4. The third-order valence-corrected chi connectivity index (χ3v) is 8.34. The number of carbonyl (C=O) groups excluding carboxylic acids is 1. The van der Waals surface area contributed by atoms with E-state index in [4.69, 9.17) is 4.42 Å².